The van der Waals surface area contributed by atoms with E-state index in [0.29, 0.717) is 19.5 Å². The summed E-state index contributed by atoms with van der Waals surface area (Å²) in [4.78, 5) is 34.2. The Kier molecular flexibility index (Phi) is 13.0. The summed E-state index contributed by atoms with van der Waals surface area (Å²) in [6.07, 6.45) is 4.52. The van der Waals surface area contributed by atoms with Crippen LogP contribution in [0.25, 0.3) is 0 Å². The molecule has 0 aliphatic rings. The lowest BCUT2D eigenvalue weighted by atomic mass is 10.1. The zero-order valence-electron chi connectivity index (χ0n) is 14.5. The van der Waals surface area contributed by atoms with Crippen LogP contribution < -0.4 is 21.7 Å². The summed E-state index contributed by atoms with van der Waals surface area (Å²) in [5, 5.41) is 8.63. The van der Waals surface area contributed by atoms with Crippen LogP contribution in [0, 0.1) is 0 Å². The fraction of sp³-hybridized carbons (Fsp3) is 0.812. The van der Waals surface area contributed by atoms with Gasteiger partial charge in [-0.05, 0) is 38.6 Å². The van der Waals surface area contributed by atoms with E-state index in [1.54, 1.807) is 0 Å². The average molecular weight is 328 g/mol. The van der Waals surface area contributed by atoms with E-state index >= 15 is 0 Å². The predicted octanol–water partition coefficient (Wildman–Crippen LogP) is 0.433. The highest BCUT2D eigenvalue weighted by atomic mass is 16.2. The largest absolute Gasteiger partial charge is 0.368 e. The van der Waals surface area contributed by atoms with Crippen LogP contribution in [0.1, 0.15) is 58.8 Å². The topological polar surface area (TPSA) is 113 Å². The predicted molar refractivity (Wildman–Crippen MR) is 90.7 cm³/mol. The highest BCUT2D eigenvalue weighted by molar-refractivity contribution is 5.83. The summed E-state index contributed by atoms with van der Waals surface area (Å²) in [7, 11) is 0. The quantitative estimate of drug-likeness (QED) is 0.346. The molecule has 0 bridgehead atoms. The maximum absolute atomic E-state index is 11.6. The Morgan fingerprint density at radius 3 is 1.96 bits per heavy atom. The Labute approximate surface area is 139 Å². The Balaban J connectivity index is 3.67. The van der Waals surface area contributed by atoms with Gasteiger partial charge >= 0.3 is 0 Å². The van der Waals surface area contributed by atoms with E-state index in [1.807, 2.05) is 13.8 Å². The van der Waals surface area contributed by atoms with Gasteiger partial charge in [0.25, 0.3) is 0 Å². The zero-order valence-corrected chi connectivity index (χ0v) is 14.5. The average Bonchev–Trinajstić information content (AvgIpc) is 2.53. The van der Waals surface area contributed by atoms with Gasteiger partial charge in [-0.1, -0.05) is 13.8 Å². The fourth-order valence-electron chi connectivity index (χ4n) is 2.03. The van der Waals surface area contributed by atoms with Gasteiger partial charge in [0.05, 0.1) is 6.04 Å². The maximum Gasteiger partial charge on any atom is 0.234 e. The smallest absolute Gasteiger partial charge is 0.234 e. The van der Waals surface area contributed by atoms with E-state index in [0.717, 1.165) is 32.2 Å². The molecule has 0 aliphatic heterocycles. The first kappa shape index (κ1) is 21.4. The van der Waals surface area contributed by atoms with E-state index < -0.39 is 0 Å². The third-order valence-electron chi connectivity index (χ3n) is 3.38. The summed E-state index contributed by atoms with van der Waals surface area (Å²) in [6.45, 7) is 5.98. The fourth-order valence-corrected chi connectivity index (χ4v) is 2.03. The van der Waals surface area contributed by atoms with Crippen LogP contribution in [0.15, 0.2) is 0 Å². The lowest BCUT2D eigenvalue weighted by molar-refractivity contribution is -0.126. The van der Waals surface area contributed by atoms with Crippen molar-refractivity contribution in [3.8, 4) is 0 Å². The molecule has 0 saturated carbocycles. The summed E-state index contributed by atoms with van der Waals surface area (Å²) in [6, 6.07) is -0.298. The van der Waals surface area contributed by atoms with Crippen LogP contribution >= 0.6 is 0 Å². The SMILES string of the molecule is CCCNC(=O)CCC(=O)NCCCC[C@H](NCCC)C(N)=O. The van der Waals surface area contributed by atoms with Gasteiger partial charge in [-0.2, -0.15) is 0 Å². The van der Waals surface area contributed by atoms with Crippen molar-refractivity contribution in [2.75, 3.05) is 19.6 Å². The van der Waals surface area contributed by atoms with E-state index in [2.05, 4.69) is 16.0 Å². The molecule has 0 aliphatic carbocycles. The molecule has 0 fully saturated rings. The van der Waals surface area contributed by atoms with Crippen LogP contribution in [-0.2, 0) is 14.4 Å². The minimum Gasteiger partial charge on any atom is -0.368 e. The number of rotatable bonds is 14. The van der Waals surface area contributed by atoms with Crippen LogP contribution in [0.5, 0.6) is 0 Å². The monoisotopic (exact) mass is 328 g/mol. The van der Waals surface area contributed by atoms with Gasteiger partial charge in [0.2, 0.25) is 17.7 Å². The number of hydrogen-bond acceptors (Lipinski definition) is 4. The first-order valence-corrected chi connectivity index (χ1v) is 8.57. The summed E-state index contributed by atoms with van der Waals surface area (Å²) in [5.41, 5.74) is 5.33. The van der Waals surface area contributed by atoms with Crippen LogP contribution in [0.4, 0.5) is 0 Å². The van der Waals surface area contributed by atoms with Gasteiger partial charge in [-0.25, -0.2) is 0 Å². The number of carbonyl (C=O) groups is 3. The van der Waals surface area contributed by atoms with Crippen molar-refractivity contribution < 1.29 is 14.4 Å². The molecule has 5 N–H and O–H groups in total. The second-order valence-corrected chi connectivity index (χ2v) is 5.60. The molecule has 23 heavy (non-hydrogen) atoms. The number of hydrogen-bond donors (Lipinski definition) is 4. The molecule has 0 spiro atoms. The van der Waals surface area contributed by atoms with Gasteiger partial charge in [-0.15, -0.1) is 0 Å². The Hall–Kier alpha value is -1.63. The van der Waals surface area contributed by atoms with Gasteiger partial charge in [0, 0.05) is 25.9 Å². The second-order valence-electron chi connectivity index (χ2n) is 5.60. The minimum absolute atomic E-state index is 0.0895. The molecule has 0 aromatic carbocycles. The second kappa shape index (κ2) is 14.0. The number of primary amides is 1. The molecule has 0 rings (SSSR count). The van der Waals surface area contributed by atoms with Crippen molar-refractivity contribution in [3.63, 3.8) is 0 Å². The van der Waals surface area contributed by atoms with Gasteiger partial charge in [0.1, 0.15) is 0 Å². The van der Waals surface area contributed by atoms with Gasteiger partial charge < -0.3 is 21.7 Å². The van der Waals surface area contributed by atoms with Crippen molar-refractivity contribution in [2.24, 2.45) is 5.73 Å². The van der Waals surface area contributed by atoms with Crippen molar-refractivity contribution >= 4 is 17.7 Å². The van der Waals surface area contributed by atoms with E-state index in [9.17, 15) is 14.4 Å². The number of unbranched alkanes of at least 4 members (excludes halogenated alkanes) is 1. The molecule has 0 aromatic heterocycles. The van der Waals surface area contributed by atoms with Crippen molar-refractivity contribution in [1.82, 2.24) is 16.0 Å². The first-order chi connectivity index (χ1) is 11.0. The molecule has 0 heterocycles. The highest BCUT2D eigenvalue weighted by Crippen LogP contribution is 2.01. The summed E-state index contributed by atoms with van der Waals surface area (Å²) in [5.74, 6) is -0.541. The van der Waals surface area contributed by atoms with Crippen LogP contribution in [-0.4, -0.2) is 43.4 Å². The Bertz CT molecular complexity index is 361. The van der Waals surface area contributed by atoms with Crippen molar-refractivity contribution in [3.05, 3.63) is 0 Å². The van der Waals surface area contributed by atoms with E-state index in [-0.39, 0.29) is 36.6 Å². The molecule has 3 amide bonds. The number of nitrogens with two attached hydrogens (primary N) is 1. The number of carbonyl (C=O) groups excluding carboxylic acids is 3. The summed E-state index contributed by atoms with van der Waals surface area (Å²) >= 11 is 0. The molecule has 0 unspecified atom stereocenters. The van der Waals surface area contributed by atoms with Crippen LogP contribution in [0.2, 0.25) is 0 Å². The normalized spacial score (nSPS) is 11.7. The molecule has 1 atom stereocenters. The summed E-state index contributed by atoms with van der Waals surface area (Å²) < 4.78 is 0. The molecular weight excluding hydrogens is 296 g/mol. The zero-order chi connectivity index (χ0) is 17.5. The Morgan fingerprint density at radius 1 is 0.870 bits per heavy atom. The van der Waals surface area contributed by atoms with Crippen LogP contribution in [0.3, 0.4) is 0 Å². The molecule has 134 valence electrons. The third kappa shape index (κ3) is 12.6. The maximum atomic E-state index is 11.6. The molecular formula is C16H32N4O3. The molecule has 7 heteroatoms. The lowest BCUT2D eigenvalue weighted by Crippen LogP contribution is -2.41. The lowest BCUT2D eigenvalue weighted by Gasteiger charge is -2.14. The molecule has 0 saturated heterocycles. The van der Waals surface area contributed by atoms with E-state index in [1.165, 1.54) is 0 Å². The van der Waals surface area contributed by atoms with Gasteiger partial charge in [0.15, 0.2) is 0 Å². The number of amides is 3. The van der Waals surface area contributed by atoms with E-state index in [4.69, 9.17) is 5.73 Å². The first-order valence-electron chi connectivity index (χ1n) is 8.57. The minimum atomic E-state index is -0.333. The van der Waals surface area contributed by atoms with Crippen molar-refractivity contribution in [2.45, 2.75) is 64.8 Å². The highest BCUT2D eigenvalue weighted by Gasteiger charge is 2.13. The third-order valence-corrected chi connectivity index (χ3v) is 3.38. The Morgan fingerprint density at radius 2 is 1.43 bits per heavy atom. The molecule has 0 aromatic rings. The molecule has 7 nitrogen and oxygen atoms in total. The number of nitrogens with one attached hydrogen (secondary N) is 3. The van der Waals surface area contributed by atoms with Gasteiger partial charge in [-0.3, -0.25) is 14.4 Å². The molecule has 0 radical (unpaired) electrons. The standard InChI is InChI=1S/C16H32N4O3/c1-3-10-18-13(16(17)23)7-5-6-12-20-15(22)9-8-14(21)19-11-4-2/h13,18H,3-12H2,1-2H3,(H2,17,23)(H,19,21)(H,20,22)/t13-/m0/s1. The van der Waals surface area contributed by atoms with Crippen molar-refractivity contribution in [1.29, 1.82) is 0 Å².